The van der Waals surface area contributed by atoms with Gasteiger partial charge >= 0.3 is 6.09 Å². The first-order chi connectivity index (χ1) is 25.5. The molecule has 294 valence electrons. The van der Waals surface area contributed by atoms with E-state index in [4.69, 9.17) is 19.2 Å². The number of hydrogen-bond donors (Lipinski definition) is 3. The summed E-state index contributed by atoms with van der Waals surface area (Å²) in [6.45, 7) is 5.14. The van der Waals surface area contributed by atoms with Crippen molar-refractivity contribution in [2.24, 2.45) is 5.92 Å². The second kappa shape index (κ2) is 15.5. The van der Waals surface area contributed by atoms with E-state index in [1.807, 2.05) is 49.3 Å². The highest BCUT2D eigenvalue weighted by Crippen LogP contribution is 2.46. The number of sulfonamides is 1. The zero-order chi connectivity index (χ0) is 39.0. The van der Waals surface area contributed by atoms with Crippen molar-refractivity contribution in [2.45, 2.75) is 93.9 Å². The van der Waals surface area contributed by atoms with E-state index in [0.717, 1.165) is 11.8 Å². The van der Waals surface area contributed by atoms with E-state index in [2.05, 4.69) is 15.4 Å². The van der Waals surface area contributed by atoms with Crippen LogP contribution in [0.5, 0.6) is 11.6 Å². The summed E-state index contributed by atoms with van der Waals surface area (Å²) < 4.78 is 45.4. The molecule has 3 fully saturated rings. The second-order valence-electron chi connectivity index (χ2n) is 15.5. The van der Waals surface area contributed by atoms with Gasteiger partial charge in [-0.25, -0.2) is 13.2 Å². The van der Waals surface area contributed by atoms with Crippen LogP contribution in [-0.4, -0.2) is 116 Å². The lowest BCUT2D eigenvalue weighted by Gasteiger charge is -2.30. The number of methoxy groups -OCH3 is 1. The van der Waals surface area contributed by atoms with E-state index in [1.54, 1.807) is 33.9 Å². The van der Waals surface area contributed by atoms with Crippen molar-refractivity contribution in [3.8, 4) is 11.6 Å². The minimum Gasteiger partial charge on any atom is -0.497 e. The molecule has 2 aliphatic heterocycles. The van der Waals surface area contributed by atoms with Crippen LogP contribution in [0.25, 0.3) is 10.8 Å². The number of thioether (sulfide) groups is 1. The molecular formula is C37H50N6O9S2. The molecule has 0 bridgehead atoms. The van der Waals surface area contributed by atoms with Gasteiger partial charge in [0.15, 0.2) is 0 Å². The molecule has 0 spiro atoms. The van der Waals surface area contributed by atoms with Crippen LogP contribution in [0.15, 0.2) is 36.4 Å². The number of pyridine rings is 1. The molecule has 4 aliphatic rings. The summed E-state index contributed by atoms with van der Waals surface area (Å²) in [5.74, 6) is 0.0947. The Balaban J connectivity index is 1.34. The number of allylic oxidation sites excluding steroid dienone is 1. The fourth-order valence-corrected chi connectivity index (χ4v) is 9.09. The number of anilines is 1. The lowest BCUT2D eigenvalue weighted by Crippen LogP contribution is -2.58. The minimum atomic E-state index is -3.90. The highest BCUT2D eigenvalue weighted by molar-refractivity contribution is 7.99. The van der Waals surface area contributed by atoms with Gasteiger partial charge < -0.3 is 34.6 Å². The van der Waals surface area contributed by atoms with Gasteiger partial charge in [0.1, 0.15) is 40.9 Å². The van der Waals surface area contributed by atoms with Gasteiger partial charge in [-0.05, 0) is 88.3 Å². The number of ether oxygens (including phenoxy) is 3. The maximum absolute atomic E-state index is 14.5. The Labute approximate surface area is 320 Å². The molecule has 0 radical (unpaired) electrons. The van der Waals surface area contributed by atoms with Crippen molar-refractivity contribution in [3.05, 3.63) is 36.4 Å². The Bertz CT molecular complexity index is 1930. The third-order valence-corrected chi connectivity index (χ3v) is 12.8. The maximum atomic E-state index is 14.5. The van der Waals surface area contributed by atoms with Crippen LogP contribution in [0.3, 0.4) is 0 Å². The third kappa shape index (κ3) is 8.99. The van der Waals surface area contributed by atoms with Crippen molar-refractivity contribution >= 4 is 62.2 Å². The van der Waals surface area contributed by atoms with Crippen LogP contribution >= 0.6 is 11.8 Å². The zero-order valence-corrected chi connectivity index (χ0v) is 33.2. The fraction of sp³-hybridized carbons (Fsp3) is 0.595. The number of aromatic nitrogens is 1. The van der Waals surface area contributed by atoms with Gasteiger partial charge in [0.2, 0.25) is 27.7 Å². The molecule has 15 nitrogen and oxygen atoms in total. The average Bonchev–Trinajstić information content (AvgIpc) is 4.02. The normalized spacial score (nSPS) is 27.0. The van der Waals surface area contributed by atoms with Crippen LogP contribution in [0.1, 0.15) is 59.3 Å². The molecule has 1 saturated heterocycles. The van der Waals surface area contributed by atoms with Gasteiger partial charge in [-0.1, -0.05) is 12.2 Å². The van der Waals surface area contributed by atoms with E-state index >= 15 is 0 Å². The lowest BCUT2D eigenvalue weighted by atomic mass is 10.1. The summed E-state index contributed by atoms with van der Waals surface area (Å²) in [5, 5.41) is 6.48. The second-order valence-corrected chi connectivity index (χ2v) is 18.7. The van der Waals surface area contributed by atoms with Crippen molar-refractivity contribution in [1.82, 2.24) is 25.2 Å². The van der Waals surface area contributed by atoms with Crippen molar-refractivity contribution in [3.63, 3.8) is 0 Å². The van der Waals surface area contributed by atoms with E-state index in [-0.39, 0.29) is 25.1 Å². The van der Waals surface area contributed by atoms with Gasteiger partial charge in [-0.3, -0.25) is 19.1 Å². The molecule has 1 aromatic carbocycles. The number of hydrogen-bond acceptors (Lipinski definition) is 12. The highest BCUT2D eigenvalue weighted by atomic mass is 32.2. The lowest BCUT2D eigenvalue weighted by molar-refractivity contribution is -0.140. The number of nitrogens with one attached hydrogen (secondary N) is 3. The Morgan fingerprint density at radius 1 is 1.15 bits per heavy atom. The number of alkyl carbamates (subject to hydrolysis) is 1. The summed E-state index contributed by atoms with van der Waals surface area (Å²) in [7, 11) is 1.39. The number of amides is 4. The molecule has 5 atom stereocenters. The Morgan fingerprint density at radius 2 is 1.91 bits per heavy atom. The highest BCUT2D eigenvalue weighted by Gasteiger charge is 2.62. The van der Waals surface area contributed by atoms with Crippen molar-refractivity contribution in [1.29, 1.82) is 0 Å². The van der Waals surface area contributed by atoms with E-state index < -0.39 is 74.3 Å². The largest absolute Gasteiger partial charge is 0.497 e. The van der Waals surface area contributed by atoms with Crippen LogP contribution in [0.2, 0.25) is 0 Å². The third-order valence-electron chi connectivity index (χ3n) is 9.84. The first-order valence-electron chi connectivity index (χ1n) is 18.2. The van der Waals surface area contributed by atoms with Gasteiger partial charge in [0.25, 0.3) is 5.91 Å². The predicted molar refractivity (Wildman–Crippen MR) is 205 cm³/mol. The number of fused-ring (bicyclic) bond motifs is 3. The van der Waals surface area contributed by atoms with Crippen LogP contribution < -0.4 is 29.7 Å². The topological polar surface area (TPSA) is 186 Å². The Hall–Kier alpha value is -4.25. The maximum Gasteiger partial charge on any atom is 0.408 e. The number of carbonyl (C=O) groups excluding carboxylic acids is 4. The molecule has 3 heterocycles. The molecule has 3 N–H and O–H groups in total. The van der Waals surface area contributed by atoms with Gasteiger partial charge in [-0.15, -0.1) is 0 Å². The molecule has 1 aromatic heterocycles. The first kappa shape index (κ1) is 39.4. The summed E-state index contributed by atoms with van der Waals surface area (Å²) in [5.41, 5.74) is -2.33. The van der Waals surface area contributed by atoms with E-state index in [1.165, 1.54) is 16.7 Å². The zero-order valence-electron chi connectivity index (χ0n) is 31.5. The van der Waals surface area contributed by atoms with Gasteiger partial charge in [-0.2, -0.15) is 16.7 Å². The summed E-state index contributed by atoms with van der Waals surface area (Å²) in [6.07, 6.45) is 4.91. The average molecular weight is 787 g/mol. The molecular weight excluding hydrogens is 737 g/mol. The first-order valence-corrected chi connectivity index (χ1v) is 20.9. The molecule has 2 saturated carbocycles. The van der Waals surface area contributed by atoms with Crippen LogP contribution in [-0.2, 0) is 29.1 Å². The monoisotopic (exact) mass is 786 g/mol. The summed E-state index contributed by atoms with van der Waals surface area (Å²) in [4.78, 5) is 63.6. The molecule has 4 amide bonds. The van der Waals surface area contributed by atoms with Gasteiger partial charge in [0.05, 0.1) is 18.9 Å². The van der Waals surface area contributed by atoms with Crippen molar-refractivity contribution in [2.75, 3.05) is 44.2 Å². The number of carbonyl (C=O) groups is 4. The quantitative estimate of drug-likeness (QED) is 0.333. The number of nitrogens with zero attached hydrogens (tertiary/aromatic N) is 3. The van der Waals surface area contributed by atoms with Gasteiger partial charge in [0, 0.05) is 37.6 Å². The minimum absolute atomic E-state index is 0.0296. The molecule has 2 aromatic rings. The molecule has 17 heteroatoms. The Morgan fingerprint density at radius 3 is 2.59 bits per heavy atom. The number of rotatable bonds is 8. The number of benzene rings is 1. The summed E-state index contributed by atoms with van der Waals surface area (Å²) in [6, 6.07) is 5.22. The predicted octanol–water partition coefficient (Wildman–Crippen LogP) is 3.12. The molecule has 2 aliphatic carbocycles. The SMILES string of the molecule is COc1ccc2c(O[C@@H]3C[C@H]4C(=O)N[C@]5(C(=O)NS(=O)(=O)C6CC6)C[C@H]5/C=C\CCCSC[C@H](NC(=O)OC(C)(C)C)C(=O)N4C3)nc(N(C)C)cc2c1. The molecule has 54 heavy (non-hydrogen) atoms. The van der Waals surface area contributed by atoms with E-state index in [9.17, 15) is 27.6 Å². The van der Waals surface area contributed by atoms with Crippen LogP contribution in [0, 0.1) is 5.92 Å². The Kier molecular flexibility index (Phi) is 11.3. The van der Waals surface area contributed by atoms with E-state index in [0.29, 0.717) is 47.8 Å². The van der Waals surface area contributed by atoms with Crippen LogP contribution in [0.4, 0.5) is 10.6 Å². The molecule has 6 rings (SSSR count). The fourth-order valence-electron chi connectivity index (χ4n) is 6.73. The smallest absolute Gasteiger partial charge is 0.408 e. The van der Waals surface area contributed by atoms with Crippen molar-refractivity contribution < 1.29 is 41.8 Å². The standard InChI is InChI=1S/C37H50N6O9S2/c1-36(2,3)52-35(47)38-28-21-53-15-9-7-8-10-23-19-37(23,34(46)41-54(48,49)26-12-13-26)40-31(44)29-18-25(20-43(29)33(28)45)51-32-27-14-11-24(50-6)16-22(27)17-30(39-32)42(4)5/h8,10-11,14,16-17,23,25-26,28-29H,7,9,12-13,15,18-21H2,1-6H3,(H,38,47)(H,40,44)(H,41,46)/b10-8-/t23-,25-,28+,29+,37-/m1/s1. The molecule has 0 unspecified atom stereocenters. The summed E-state index contributed by atoms with van der Waals surface area (Å²) >= 11 is 1.49.